The third kappa shape index (κ3) is 3.54. The molecular weight excluding hydrogens is 307 g/mol. The van der Waals surface area contributed by atoms with Gasteiger partial charge in [0.2, 0.25) is 0 Å². The van der Waals surface area contributed by atoms with Crippen molar-refractivity contribution in [2.75, 3.05) is 11.8 Å². The lowest BCUT2D eigenvalue weighted by Gasteiger charge is -2.15. The van der Waals surface area contributed by atoms with E-state index in [0.717, 1.165) is 29.2 Å². The molecule has 7 heteroatoms. The highest BCUT2D eigenvalue weighted by Gasteiger charge is 2.19. The first-order chi connectivity index (χ1) is 10.4. The number of hydrogen-bond acceptors (Lipinski definition) is 5. The van der Waals surface area contributed by atoms with Crippen LogP contribution in [0.1, 0.15) is 23.7 Å². The molecule has 0 radical (unpaired) electrons. The molecule has 1 unspecified atom stereocenters. The molecule has 1 heterocycles. The van der Waals surface area contributed by atoms with Crippen molar-refractivity contribution in [2.45, 2.75) is 19.4 Å². The van der Waals surface area contributed by atoms with Crippen molar-refractivity contribution in [3.05, 3.63) is 46.8 Å². The first-order valence-electron chi connectivity index (χ1n) is 6.58. The van der Waals surface area contributed by atoms with E-state index in [1.807, 2.05) is 13.0 Å². The molecule has 0 spiro atoms. The van der Waals surface area contributed by atoms with E-state index in [-0.39, 0.29) is 11.8 Å². The number of halogens is 1. The quantitative estimate of drug-likeness (QED) is 0.550. The summed E-state index contributed by atoms with van der Waals surface area (Å²) in [5.41, 5.74) is 0.991. The number of nitrogens with one attached hydrogen (secondary N) is 2. The summed E-state index contributed by atoms with van der Waals surface area (Å²) in [6, 6.07) is 2.48. The minimum absolute atomic E-state index is 0.206. The summed E-state index contributed by atoms with van der Waals surface area (Å²) in [5, 5.41) is 13.1. The lowest BCUT2D eigenvalue weighted by atomic mass is 10.1. The topological polar surface area (TPSA) is 70.6 Å². The van der Waals surface area contributed by atoms with Crippen LogP contribution in [-0.2, 0) is 0 Å². The average Bonchev–Trinajstić information content (AvgIpc) is 2.93. The molecule has 5 nitrogen and oxygen atoms in total. The van der Waals surface area contributed by atoms with Crippen molar-refractivity contribution in [3.63, 3.8) is 0 Å². The number of anilines is 1. The van der Waals surface area contributed by atoms with Gasteiger partial charge in [0.1, 0.15) is 11.6 Å². The van der Waals surface area contributed by atoms with Gasteiger partial charge in [0.05, 0.1) is 29.4 Å². The molecule has 3 N–H and O–H groups in total. The molecule has 1 aromatic rings. The smallest absolute Gasteiger partial charge is 0.338 e. The van der Waals surface area contributed by atoms with Crippen LogP contribution in [0.25, 0.3) is 0 Å². The molecule has 1 aromatic carbocycles. The molecule has 0 saturated heterocycles. The summed E-state index contributed by atoms with van der Waals surface area (Å²) in [5.74, 6) is -1.88. The number of carboxylic acids is 1. The monoisotopic (exact) mass is 324 g/mol. The van der Waals surface area contributed by atoms with Gasteiger partial charge in [0.25, 0.3) is 0 Å². The van der Waals surface area contributed by atoms with E-state index in [2.05, 4.69) is 16.6 Å². The maximum atomic E-state index is 13.8. The van der Waals surface area contributed by atoms with Crippen molar-refractivity contribution >= 4 is 23.6 Å². The van der Waals surface area contributed by atoms with Crippen LogP contribution in [0.3, 0.4) is 0 Å². The number of carbonyl (C=O) groups is 1. The third-order valence-corrected chi connectivity index (χ3v) is 4.07. The maximum absolute atomic E-state index is 13.8. The van der Waals surface area contributed by atoms with Gasteiger partial charge in [0, 0.05) is 18.0 Å². The molecule has 0 saturated carbocycles. The van der Waals surface area contributed by atoms with Crippen LogP contribution in [0.4, 0.5) is 10.1 Å². The molecule has 118 valence electrons. The second kappa shape index (κ2) is 6.74. The molecule has 22 heavy (non-hydrogen) atoms. The largest absolute Gasteiger partial charge is 0.495 e. The van der Waals surface area contributed by atoms with Crippen LogP contribution >= 0.6 is 11.9 Å². The number of ether oxygens (including phenoxy) is 1. The Kier molecular flexibility index (Phi) is 4.97. The van der Waals surface area contributed by atoms with Crippen LogP contribution in [0.5, 0.6) is 5.75 Å². The third-order valence-electron chi connectivity index (χ3n) is 3.24. The van der Waals surface area contributed by atoms with Gasteiger partial charge in [0.15, 0.2) is 0 Å². The molecule has 1 aliphatic heterocycles. The fourth-order valence-corrected chi connectivity index (χ4v) is 2.75. The summed E-state index contributed by atoms with van der Waals surface area (Å²) in [7, 11) is 1.40. The molecule has 0 aromatic heterocycles. The summed E-state index contributed by atoms with van der Waals surface area (Å²) < 4.78 is 21.8. The van der Waals surface area contributed by atoms with Gasteiger partial charge in [-0.15, -0.1) is 0 Å². The van der Waals surface area contributed by atoms with Gasteiger partial charge in [-0.05, 0) is 19.4 Å². The van der Waals surface area contributed by atoms with Crippen LogP contribution < -0.4 is 14.8 Å². The average molecular weight is 324 g/mol. The Balaban J connectivity index is 2.09. The van der Waals surface area contributed by atoms with E-state index in [4.69, 9.17) is 9.84 Å². The predicted molar refractivity (Wildman–Crippen MR) is 85.6 cm³/mol. The molecule has 2 rings (SSSR count). The van der Waals surface area contributed by atoms with E-state index in [1.54, 1.807) is 0 Å². The van der Waals surface area contributed by atoms with Crippen molar-refractivity contribution in [3.8, 4) is 5.75 Å². The lowest BCUT2D eigenvalue weighted by molar-refractivity contribution is 0.0691. The Bertz CT molecular complexity index is 646. The SMILES string of the molecule is C=C(C)C1CC=C(SNc2cc(F)c(C(=O)O)cc2OC)N1. The number of aromatic carboxylic acids is 1. The molecule has 0 bridgehead atoms. The number of benzene rings is 1. The van der Waals surface area contributed by atoms with Crippen LogP contribution in [-0.4, -0.2) is 24.2 Å². The highest BCUT2D eigenvalue weighted by molar-refractivity contribution is 8.04. The van der Waals surface area contributed by atoms with Crippen LogP contribution in [0, 0.1) is 5.82 Å². The Labute approximate surface area is 132 Å². The van der Waals surface area contributed by atoms with Crippen molar-refractivity contribution in [1.82, 2.24) is 5.32 Å². The molecule has 1 aliphatic rings. The molecule has 1 atom stereocenters. The summed E-state index contributed by atoms with van der Waals surface area (Å²) in [6.07, 6.45) is 2.87. The van der Waals surface area contributed by atoms with Crippen LogP contribution in [0.15, 0.2) is 35.4 Å². The van der Waals surface area contributed by atoms with Crippen LogP contribution in [0.2, 0.25) is 0 Å². The van der Waals surface area contributed by atoms with E-state index in [1.165, 1.54) is 19.1 Å². The van der Waals surface area contributed by atoms with Crippen molar-refractivity contribution < 1.29 is 19.0 Å². The summed E-state index contributed by atoms with van der Waals surface area (Å²) >= 11 is 1.28. The minimum Gasteiger partial charge on any atom is -0.495 e. The summed E-state index contributed by atoms with van der Waals surface area (Å²) in [4.78, 5) is 10.9. The Morgan fingerprint density at radius 1 is 1.59 bits per heavy atom. The number of hydrogen-bond donors (Lipinski definition) is 3. The second-order valence-electron chi connectivity index (χ2n) is 4.89. The Morgan fingerprint density at radius 2 is 2.32 bits per heavy atom. The van der Waals surface area contributed by atoms with Crippen molar-refractivity contribution in [2.24, 2.45) is 0 Å². The molecular formula is C15H17FN2O3S. The normalized spacial score (nSPS) is 16.7. The van der Waals surface area contributed by atoms with Gasteiger partial charge in [-0.25, -0.2) is 9.18 Å². The fraction of sp³-hybridized carbons (Fsp3) is 0.267. The van der Waals surface area contributed by atoms with Gasteiger partial charge in [-0.3, -0.25) is 0 Å². The standard InChI is InChI=1S/C15H17FN2O3S/c1-8(2)11-4-5-14(17-11)22-18-12-7-10(16)9(15(19)20)6-13(12)21-3/h5-7,11,17-18H,1,4H2,2-3H3,(H,19,20). The first-order valence-corrected chi connectivity index (χ1v) is 7.39. The van der Waals surface area contributed by atoms with Gasteiger partial charge in [-0.1, -0.05) is 18.2 Å². The molecule has 0 amide bonds. The number of rotatable bonds is 6. The lowest BCUT2D eigenvalue weighted by Crippen LogP contribution is -2.22. The zero-order valence-electron chi connectivity index (χ0n) is 12.3. The van der Waals surface area contributed by atoms with Gasteiger partial charge in [-0.2, -0.15) is 0 Å². The van der Waals surface area contributed by atoms with Gasteiger partial charge < -0.3 is 19.9 Å². The van der Waals surface area contributed by atoms with E-state index in [0.29, 0.717) is 5.69 Å². The zero-order valence-corrected chi connectivity index (χ0v) is 13.1. The second-order valence-corrected chi connectivity index (χ2v) is 5.74. The highest BCUT2D eigenvalue weighted by atomic mass is 32.2. The Morgan fingerprint density at radius 3 is 2.86 bits per heavy atom. The van der Waals surface area contributed by atoms with Gasteiger partial charge >= 0.3 is 5.97 Å². The molecule has 0 fully saturated rings. The predicted octanol–water partition coefficient (Wildman–Crippen LogP) is 3.37. The van der Waals surface area contributed by atoms with E-state index in [9.17, 15) is 9.18 Å². The first kappa shape index (κ1) is 16.2. The summed E-state index contributed by atoms with van der Waals surface area (Å²) in [6.45, 7) is 5.86. The molecule has 0 aliphatic carbocycles. The number of methoxy groups -OCH3 is 1. The fourth-order valence-electron chi connectivity index (χ4n) is 1.99. The maximum Gasteiger partial charge on any atom is 0.338 e. The Hall–Kier alpha value is -2.15. The minimum atomic E-state index is -1.33. The number of carboxylic acid groups (broad SMARTS) is 1. The van der Waals surface area contributed by atoms with Crippen molar-refractivity contribution in [1.29, 1.82) is 0 Å². The van der Waals surface area contributed by atoms with E-state index < -0.39 is 17.3 Å². The zero-order chi connectivity index (χ0) is 16.3. The highest BCUT2D eigenvalue weighted by Crippen LogP contribution is 2.32. The van der Waals surface area contributed by atoms with E-state index >= 15 is 0 Å².